The van der Waals surface area contributed by atoms with Crippen LogP contribution in [0.15, 0.2) is 72.9 Å². The van der Waals surface area contributed by atoms with Gasteiger partial charge >= 0.3 is 5.97 Å². The summed E-state index contributed by atoms with van der Waals surface area (Å²) in [5, 5.41) is 24.4. The molecule has 1 aliphatic heterocycles. The number of hydrogen-bond donors (Lipinski definition) is 4. The van der Waals surface area contributed by atoms with Crippen molar-refractivity contribution in [2.75, 3.05) is 18.5 Å². The van der Waals surface area contributed by atoms with Crippen LogP contribution in [0.25, 0.3) is 22.2 Å². The summed E-state index contributed by atoms with van der Waals surface area (Å²) in [4.78, 5) is 43.0. The fraction of sp³-hybridized carbons (Fsp3) is 0.289. The van der Waals surface area contributed by atoms with E-state index in [0.717, 1.165) is 40.8 Å². The van der Waals surface area contributed by atoms with Gasteiger partial charge in [-0.25, -0.2) is 18.9 Å². The summed E-state index contributed by atoms with van der Waals surface area (Å²) in [5.41, 5.74) is 5.42. The summed E-state index contributed by atoms with van der Waals surface area (Å²) in [7, 11) is 0. The van der Waals surface area contributed by atoms with E-state index in [1.54, 1.807) is 42.5 Å². The Bertz CT molecular complexity index is 2060. The highest BCUT2D eigenvalue weighted by molar-refractivity contribution is 6.00. The maximum atomic E-state index is 14.7. The van der Waals surface area contributed by atoms with E-state index in [0.29, 0.717) is 48.4 Å². The van der Waals surface area contributed by atoms with Gasteiger partial charge < -0.3 is 25.8 Å². The summed E-state index contributed by atoms with van der Waals surface area (Å²) >= 11 is 0. The van der Waals surface area contributed by atoms with Crippen LogP contribution in [0, 0.1) is 5.82 Å². The number of rotatable bonds is 12. The fourth-order valence-electron chi connectivity index (χ4n) is 6.18. The Labute approximate surface area is 288 Å². The van der Waals surface area contributed by atoms with E-state index in [9.17, 15) is 23.9 Å². The average molecular weight is 679 g/mol. The minimum Gasteiger partial charge on any atom is -0.478 e. The lowest BCUT2D eigenvalue weighted by atomic mass is 10.0. The Morgan fingerprint density at radius 2 is 1.62 bits per heavy atom. The van der Waals surface area contributed by atoms with Crippen molar-refractivity contribution in [3.05, 3.63) is 112 Å². The molecule has 50 heavy (non-hydrogen) atoms. The molecular formula is C38H39FN6O5. The van der Waals surface area contributed by atoms with Crippen LogP contribution in [0.3, 0.4) is 0 Å². The normalized spacial score (nSPS) is 13.3. The Balaban J connectivity index is 1.16. The monoisotopic (exact) mass is 678 g/mol. The average Bonchev–Trinajstić information content (AvgIpc) is 3.57. The van der Waals surface area contributed by atoms with Crippen molar-refractivity contribution in [2.24, 2.45) is 0 Å². The zero-order valence-electron chi connectivity index (χ0n) is 28.0. The molecule has 0 unspecified atom stereocenters. The van der Waals surface area contributed by atoms with Crippen LogP contribution in [0.4, 0.5) is 10.1 Å². The summed E-state index contributed by atoms with van der Waals surface area (Å²) < 4.78 is 22.1. The van der Waals surface area contributed by atoms with Gasteiger partial charge in [-0.1, -0.05) is 31.2 Å². The number of nitrogens with zero attached hydrogens (tertiary/aromatic N) is 3. The molecule has 2 amide bonds. The number of carbonyl (C=O) groups excluding carboxylic acids is 2. The van der Waals surface area contributed by atoms with Crippen molar-refractivity contribution in [3.8, 4) is 11.1 Å². The Morgan fingerprint density at radius 3 is 2.32 bits per heavy atom. The summed E-state index contributed by atoms with van der Waals surface area (Å²) in [5.74, 6) is -2.36. The minimum atomic E-state index is -1.11. The van der Waals surface area contributed by atoms with E-state index in [2.05, 4.69) is 21.0 Å². The lowest BCUT2D eigenvalue weighted by Crippen LogP contribution is -2.30. The fourth-order valence-corrected chi connectivity index (χ4v) is 6.18. The number of nitrogens with one attached hydrogen (secondary N) is 3. The third kappa shape index (κ3) is 7.50. The van der Waals surface area contributed by atoms with Gasteiger partial charge in [-0.3, -0.25) is 9.59 Å². The number of amides is 2. The topological polar surface area (TPSA) is 147 Å². The predicted octanol–water partition coefficient (Wildman–Crippen LogP) is 5.97. The first-order valence-electron chi connectivity index (χ1n) is 16.8. The first-order chi connectivity index (χ1) is 24.2. The van der Waals surface area contributed by atoms with Crippen LogP contribution in [0.1, 0.15) is 74.6 Å². The van der Waals surface area contributed by atoms with E-state index < -0.39 is 17.7 Å². The van der Waals surface area contributed by atoms with Gasteiger partial charge in [0.05, 0.1) is 22.8 Å². The van der Waals surface area contributed by atoms with Crippen LogP contribution < -0.4 is 16.0 Å². The van der Waals surface area contributed by atoms with Gasteiger partial charge in [-0.2, -0.15) is 5.10 Å². The predicted molar refractivity (Wildman–Crippen MR) is 188 cm³/mol. The number of fused-ring (bicyclic) bond motifs is 1. The number of carboxylic acid groups (broad SMARTS) is 1. The van der Waals surface area contributed by atoms with Gasteiger partial charge in [0.25, 0.3) is 11.8 Å². The Kier molecular flexibility index (Phi) is 10.5. The van der Waals surface area contributed by atoms with E-state index in [4.69, 9.17) is 9.72 Å². The molecule has 0 saturated carbocycles. The molecule has 0 radical (unpaired) electrons. The number of carboxylic acids is 1. The Hall–Kier alpha value is -5.62. The second-order valence-corrected chi connectivity index (χ2v) is 12.1. The number of carbonyl (C=O) groups is 3. The van der Waals surface area contributed by atoms with Crippen LogP contribution >= 0.6 is 0 Å². The molecule has 5 aromatic rings. The maximum absolute atomic E-state index is 14.7. The van der Waals surface area contributed by atoms with Crippen molar-refractivity contribution in [1.82, 2.24) is 25.4 Å². The molecule has 0 aliphatic carbocycles. The van der Waals surface area contributed by atoms with E-state index in [1.165, 1.54) is 24.3 Å². The SMILES string of the molecule is CCc1nc2c(cnn2CC)c(NC2CCOCC2)c1CNC(=O)c1cccc(C(=O)NCc2ccc(F)c(-c3cccc(C(=O)O)c3)c2)c1. The molecule has 0 spiro atoms. The smallest absolute Gasteiger partial charge is 0.335 e. The van der Waals surface area contributed by atoms with E-state index in [-0.39, 0.29) is 36.2 Å². The molecule has 4 N–H and O–H groups in total. The number of aromatic carboxylic acids is 1. The number of pyridine rings is 1. The van der Waals surface area contributed by atoms with Gasteiger partial charge in [0, 0.05) is 66.8 Å². The third-order valence-electron chi connectivity index (χ3n) is 8.89. The number of aromatic nitrogens is 3. The lowest BCUT2D eigenvalue weighted by molar-refractivity contribution is 0.0696. The first-order valence-corrected chi connectivity index (χ1v) is 16.8. The summed E-state index contributed by atoms with van der Waals surface area (Å²) in [6, 6.07) is 17.1. The van der Waals surface area contributed by atoms with Gasteiger partial charge in [0.2, 0.25) is 0 Å². The highest BCUT2D eigenvalue weighted by Gasteiger charge is 2.22. The van der Waals surface area contributed by atoms with E-state index in [1.807, 2.05) is 24.7 Å². The number of ether oxygens (including phenoxy) is 1. The molecule has 0 bridgehead atoms. The largest absolute Gasteiger partial charge is 0.478 e. The minimum absolute atomic E-state index is 0.0455. The lowest BCUT2D eigenvalue weighted by Gasteiger charge is -2.26. The molecule has 11 nitrogen and oxygen atoms in total. The molecule has 12 heteroatoms. The number of aryl methyl sites for hydroxylation is 2. The molecule has 2 aromatic heterocycles. The number of halogens is 1. The zero-order chi connectivity index (χ0) is 35.2. The van der Waals surface area contributed by atoms with E-state index >= 15 is 0 Å². The van der Waals surface area contributed by atoms with Crippen LogP contribution in [-0.2, 0) is 30.8 Å². The number of hydrogen-bond acceptors (Lipinski definition) is 7. The highest BCUT2D eigenvalue weighted by Crippen LogP contribution is 2.31. The zero-order valence-corrected chi connectivity index (χ0v) is 28.0. The molecule has 1 saturated heterocycles. The van der Waals surface area contributed by atoms with Gasteiger partial charge in [-0.05, 0) is 79.8 Å². The molecule has 1 fully saturated rings. The van der Waals surface area contributed by atoms with Crippen molar-refractivity contribution in [2.45, 2.75) is 58.8 Å². The van der Waals surface area contributed by atoms with Crippen molar-refractivity contribution < 1.29 is 28.6 Å². The van der Waals surface area contributed by atoms with Crippen molar-refractivity contribution >= 4 is 34.5 Å². The number of anilines is 1. The molecule has 258 valence electrons. The van der Waals surface area contributed by atoms with Crippen molar-refractivity contribution in [3.63, 3.8) is 0 Å². The quantitative estimate of drug-likeness (QED) is 0.126. The molecule has 3 heterocycles. The first kappa shape index (κ1) is 34.3. The molecule has 3 aromatic carbocycles. The second kappa shape index (κ2) is 15.3. The summed E-state index contributed by atoms with van der Waals surface area (Å²) in [6.07, 6.45) is 4.23. The Morgan fingerprint density at radius 1 is 0.920 bits per heavy atom. The van der Waals surface area contributed by atoms with Crippen LogP contribution in [0.5, 0.6) is 0 Å². The number of benzene rings is 3. The van der Waals surface area contributed by atoms with Crippen LogP contribution in [-0.4, -0.2) is 56.9 Å². The van der Waals surface area contributed by atoms with Crippen molar-refractivity contribution in [1.29, 1.82) is 0 Å². The van der Waals surface area contributed by atoms with Gasteiger partial charge in [0.1, 0.15) is 5.82 Å². The molecule has 1 aliphatic rings. The van der Waals surface area contributed by atoms with Gasteiger partial charge in [0.15, 0.2) is 5.65 Å². The van der Waals surface area contributed by atoms with Gasteiger partial charge in [-0.15, -0.1) is 0 Å². The molecule has 0 atom stereocenters. The maximum Gasteiger partial charge on any atom is 0.335 e. The molecular weight excluding hydrogens is 639 g/mol. The highest BCUT2D eigenvalue weighted by atomic mass is 19.1. The molecule has 6 rings (SSSR count). The second-order valence-electron chi connectivity index (χ2n) is 12.1. The third-order valence-corrected chi connectivity index (χ3v) is 8.89. The summed E-state index contributed by atoms with van der Waals surface area (Å²) in [6.45, 7) is 6.44. The van der Waals surface area contributed by atoms with Crippen LogP contribution in [0.2, 0.25) is 0 Å². The standard InChI is InChI=1S/C38H39FN6O5/c1-3-33-30(34(43-28-13-15-50-16-14-28)31-22-42-45(4-2)35(31)44-33)21-41-37(47)26-9-6-8-25(19-26)36(46)40-20-23-11-12-32(39)29(17-23)24-7-5-10-27(18-24)38(48)49/h5-12,17-19,22,28H,3-4,13-16,20-21H2,1-2H3,(H,40,46)(H,41,47)(H,43,44)(H,48,49).